The van der Waals surface area contributed by atoms with Gasteiger partial charge in [-0.05, 0) is 25.1 Å². The zero-order valence-electron chi connectivity index (χ0n) is 10.1. The molecule has 94 valence electrons. The first-order valence-corrected chi connectivity index (χ1v) is 6.55. The van der Waals surface area contributed by atoms with Crippen molar-refractivity contribution in [2.45, 2.75) is 12.6 Å². The molecule has 0 bridgehead atoms. The monoisotopic (exact) mass is 270 g/mol. The number of benzene rings is 1. The van der Waals surface area contributed by atoms with Gasteiger partial charge in [-0.2, -0.15) is 15.8 Å². The summed E-state index contributed by atoms with van der Waals surface area (Å²) in [6, 6.07) is 9.27. The van der Waals surface area contributed by atoms with Crippen molar-refractivity contribution in [3.05, 3.63) is 46.4 Å². The highest BCUT2D eigenvalue weighted by Gasteiger charge is 2.35. The highest BCUT2D eigenvalue weighted by Crippen LogP contribution is 2.30. The van der Waals surface area contributed by atoms with Crippen molar-refractivity contribution in [1.29, 1.82) is 5.26 Å². The zero-order chi connectivity index (χ0) is 13.3. The lowest BCUT2D eigenvalue weighted by Crippen LogP contribution is -2.42. The number of hydrogen-bond acceptors (Lipinski definition) is 7. The summed E-state index contributed by atoms with van der Waals surface area (Å²) in [6.07, 6.45) is 0. The highest BCUT2D eigenvalue weighted by molar-refractivity contribution is 7.07. The molecular formula is C12H10N6S. The molecule has 0 amide bonds. The molecule has 0 saturated heterocycles. The van der Waals surface area contributed by atoms with Gasteiger partial charge in [-0.3, -0.25) is 0 Å². The SMILES string of the molecule is CC1(c2cscn2)N=NN(c2cccc(C#N)c2)N1. The molecule has 1 unspecified atom stereocenters. The smallest absolute Gasteiger partial charge is 0.192 e. The lowest BCUT2D eigenvalue weighted by atomic mass is 10.2. The summed E-state index contributed by atoms with van der Waals surface area (Å²) < 4.78 is 0. The molecule has 6 nitrogen and oxygen atoms in total. The van der Waals surface area contributed by atoms with Crippen LogP contribution in [0.1, 0.15) is 18.2 Å². The molecule has 1 N–H and O–H groups in total. The minimum absolute atomic E-state index is 0.580. The van der Waals surface area contributed by atoms with E-state index in [2.05, 4.69) is 26.8 Å². The predicted octanol–water partition coefficient (Wildman–Crippen LogP) is 2.58. The van der Waals surface area contributed by atoms with Crippen molar-refractivity contribution in [2.75, 3.05) is 5.12 Å². The second-order valence-electron chi connectivity index (χ2n) is 4.22. The van der Waals surface area contributed by atoms with Gasteiger partial charge in [-0.15, -0.1) is 16.5 Å². The molecule has 2 aromatic rings. The van der Waals surface area contributed by atoms with E-state index in [-0.39, 0.29) is 0 Å². The first-order valence-electron chi connectivity index (χ1n) is 5.61. The second kappa shape index (κ2) is 4.42. The minimum atomic E-state index is -0.664. The van der Waals surface area contributed by atoms with Gasteiger partial charge in [0.15, 0.2) is 5.66 Å². The quantitative estimate of drug-likeness (QED) is 0.909. The van der Waals surface area contributed by atoms with Crippen LogP contribution in [0.3, 0.4) is 0 Å². The molecule has 0 spiro atoms. The summed E-state index contributed by atoms with van der Waals surface area (Å²) in [5.74, 6) is 0. The number of rotatable bonds is 2. The minimum Gasteiger partial charge on any atom is -0.246 e. The van der Waals surface area contributed by atoms with Crippen LogP contribution in [-0.4, -0.2) is 4.98 Å². The Morgan fingerprint density at radius 3 is 3.11 bits per heavy atom. The standard InChI is InChI=1S/C12H10N6S/c1-12(11-7-19-8-14-11)15-17-18(16-12)10-4-2-3-9(5-10)6-13/h2-5,7-8,16H,1H3. The lowest BCUT2D eigenvalue weighted by molar-refractivity contribution is 0.413. The third-order valence-electron chi connectivity index (χ3n) is 2.81. The predicted molar refractivity (Wildman–Crippen MR) is 71.1 cm³/mol. The fourth-order valence-corrected chi connectivity index (χ4v) is 2.42. The maximum Gasteiger partial charge on any atom is 0.192 e. The fourth-order valence-electron chi connectivity index (χ4n) is 1.77. The number of hydrogen-bond donors (Lipinski definition) is 1. The van der Waals surface area contributed by atoms with Crippen LogP contribution in [-0.2, 0) is 5.66 Å². The molecule has 1 aromatic carbocycles. The number of anilines is 1. The van der Waals surface area contributed by atoms with Crippen molar-refractivity contribution in [3.8, 4) is 6.07 Å². The first kappa shape index (κ1) is 11.8. The number of nitriles is 1. The number of aromatic nitrogens is 1. The Bertz CT molecular complexity index is 659. The topological polar surface area (TPSA) is 76.7 Å². The molecule has 0 saturated carbocycles. The van der Waals surface area contributed by atoms with Gasteiger partial charge >= 0.3 is 0 Å². The van der Waals surface area contributed by atoms with Crippen molar-refractivity contribution < 1.29 is 0 Å². The molecule has 19 heavy (non-hydrogen) atoms. The Balaban J connectivity index is 1.87. The van der Waals surface area contributed by atoms with Crippen LogP contribution in [0.2, 0.25) is 0 Å². The van der Waals surface area contributed by atoms with Gasteiger partial charge in [0.05, 0.1) is 28.5 Å². The number of nitrogens with one attached hydrogen (secondary N) is 1. The van der Waals surface area contributed by atoms with E-state index in [0.29, 0.717) is 5.56 Å². The summed E-state index contributed by atoms with van der Waals surface area (Å²) in [6.45, 7) is 1.90. The van der Waals surface area contributed by atoms with Gasteiger partial charge in [-0.1, -0.05) is 11.3 Å². The van der Waals surface area contributed by atoms with E-state index in [1.165, 1.54) is 11.3 Å². The van der Waals surface area contributed by atoms with Crippen molar-refractivity contribution in [1.82, 2.24) is 10.4 Å². The average molecular weight is 270 g/mol. The van der Waals surface area contributed by atoms with Gasteiger partial charge in [-0.25, -0.2) is 4.98 Å². The van der Waals surface area contributed by atoms with E-state index in [4.69, 9.17) is 5.26 Å². The van der Waals surface area contributed by atoms with E-state index in [1.54, 1.807) is 22.8 Å². The molecule has 3 rings (SSSR count). The van der Waals surface area contributed by atoms with Crippen LogP contribution < -0.4 is 10.5 Å². The summed E-state index contributed by atoms with van der Waals surface area (Å²) in [5, 5.41) is 20.7. The third-order valence-corrected chi connectivity index (χ3v) is 3.40. The molecule has 1 aliphatic rings. The third kappa shape index (κ3) is 2.07. The van der Waals surface area contributed by atoms with Gasteiger partial charge in [0, 0.05) is 5.38 Å². The Morgan fingerprint density at radius 2 is 2.37 bits per heavy atom. The van der Waals surface area contributed by atoms with Crippen LogP contribution >= 0.6 is 11.3 Å². The van der Waals surface area contributed by atoms with Crippen LogP contribution in [0.4, 0.5) is 5.69 Å². The first-order chi connectivity index (χ1) is 9.21. The largest absolute Gasteiger partial charge is 0.246 e. The molecular weight excluding hydrogens is 260 g/mol. The molecule has 0 aliphatic carbocycles. The molecule has 1 aliphatic heterocycles. The Hall–Kier alpha value is -2.30. The van der Waals surface area contributed by atoms with Crippen molar-refractivity contribution in [2.24, 2.45) is 10.3 Å². The summed E-state index contributed by atoms with van der Waals surface area (Å²) in [5.41, 5.74) is 6.43. The highest BCUT2D eigenvalue weighted by atomic mass is 32.1. The number of nitrogens with zero attached hydrogens (tertiary/aromatic N) is 5. The van der Waals surface area contributed by atoms with E-state index >= 15 is 0 Å². The number of hydrazine groups is 1. The molecule has 0 fully saturated rings. The molecule has 1 aromatic heterocycles. The second-order valence-corrected chi connectivity index (χ2v) is 4.94. The number of thiazole rings is 1. The molecule has 0 radical (unpaired) electrons. The van der Waals surface area contributed by atoms with E-state index < -0.39 is 5.66 Å². The van der Waals surface area contributed by atoms with Gasteiger partial charge in [0.1, 0.15) is 0 Å². The Morgan fingerprint density at radius 1 is 1.47 bits per heavy atom. The normalized spacial score (nSPS) is 21.6. The maximum atomic E-state index is 8.91. The van der Waals surface area contributed by atoms with Crippen LogP contribution in [0.25, 0.3) is 0 Å². The molecule has 7 heteroatoms. The van der Waals surface area contributed by atoms with E-state index in [9.17, 15) is 0 Å². The van der Waals surface area contributed by atoms with Crippen LogP contribution in [0.5, 0.6) is 0 Å². The Labute approximate surface area is 114 Å². The summed E-state index contributed by atoms with van der Waals surface area (Å²) in [4.78, 5) is 4.26. The average Bonchev–Trinajstić information content (AvgIpc) is 3.09. The van der Waals surface area contributed by atoms with Crippen molar-refractivity contribution in [3.63, 3.8) is 0 Å². The Kier molecular flexibility index (Phi) is 2.74. The zero-order valence-corrected chi connectivity index (χ0v) is 10.9. The summed E-state index contributed by atoms with van der Waals surface area (Å²) >= 11 is 1.51. The van der Waals surface area contributed by atoms with Gasteiger partial charge in [0.25, 0.3) is 0 Å². The van der Waals surface area contributed by atoms with Gasteiger partial charge in [0.2, 0.25) is 0 Å². The van der Waals surface area contributed by atoms with E-state index in [0.717, 1.165) is 11.4 Å². The van der Waals surface area contributed by atoms with Crippen LogP contribution in [0.15, 0.2) is 45.5 Å². The summed E-state index contributed by atoms with van der Waals surface area (Å²) in [7, 11) is 0. The van der Waals surface area contributed by atoms with Gasteiger partial charge < -0.3 is 0 Å². The van der Waals surface area contributed by atoms with Crippen LogP contribution in [0, 0.1) is 11.3 Å². The van der Waals surface area contributed by atoms with Crippen molar-refractivity contribution >= 4 is 17.0 Å². The fraction of sp³-hybridized carbons (Fsp3) is 0.167. The lowest BCUT2D eigenvalue weighted by Gasteiger charge is -2.21. The molecule has 1 atom stereocenters. The van der Waals surface area contributed by atoms with E-state index in [1.807, 2.05) is 24.4 Å². The molecule has 2 heterocycles. The maximum absolute atomic E-state index is 8.91.